The summed E-state index contributed by atoms with van der Waals surface area (Å²) in [5.41, 5.74) is 2.19. The Labute approximate surface area is 191 Å². The molecule has 1 aliphatic rings. The van der Waals surface area contributed by atoms with Crippen LogP contribution in [-0.4, -0.2) is 18.9 Å². The van der Waals surface area contributed by atoms with Crippen LogP contribution in [0.15, 0.2) is 91.0 Å². The molecule has 32 heavy (non-hydrogen) atoms. The molecule has 0 amide bonds. The summed E-state index contributed by atoms with van der Waals surface area (Å²) < 4.78 is 12.2. The minimum atomic E-state index is -1.28. The first-order valence-electron chi connectivity index (χ1n) is 10.4. The summed E-state index contributed by atoms with van der Waals surface area (Å²) in [6.45, 7) is 0. The molecular weight excluding hydrogens is 420 g/mol. The van der Waals surface area contributed by atoms with Crippen molar-refractivity contribution in [1.82, 2.24) is 0 Å². The Kier molecular flexibility index (Phi) is 5.30. The van der Waals surface area contributed by atoms with Crippen molar-refractivity contribution in [1.29, 1.82) is 0 Å². The van der Waals surface area contributed by atoms with Crippen LogP contribution < -0.4 is 10.4 Å². The van der Waals surface area contributed by atoms with Gasteiger partial charge in [0, 0.05) is 24.1 Å². The Morgan fingerprint density at radius 1 is 0.906 bits per heavy atom. The largest absolute Gasteiger partial charge is 0.425 e. The Hall–Kier alpha value is -3.40. The Bertz CT molecular complexity index is 1450. The first kappa shape index (κ1) is 20.5. The number of carbonyl (C=O) groups is 1. The second-order valence-corrected chi connectivity index (χ2v) is 8.19. The SMILES string of the molecule is COC1(OC(=O)c2cccc(Cl)c2)CC=c2ccccc2=C1c1cccc2ccccc12. The van der Waals surface area contributed by atoms with Crippen molar-refractivity contribution in [2.24, 2.45) is 0 Å². The quantitative estimate of drug-likeness (QED) is 0.328. The summed E-state index contributed by atoms with van der Waals surface area (Å²) >= 11 is 6.11. The van der Waals surface area contributed by atoms with Gasteiger partial charge in [0.1, 0.15) is 0 Å². The van der Waals surface area contributed by atoms with E-state index in [4.69, 9.17) is 21.1 Å². The first-order chi connectivity index (χ1) is 15.6. The lowest BCUT2D eigenvalue weighted by Gasteiger charge is -2.36. The zero-order valence-corrected chi connectivity index (χ0v) is 18.3. The van der Waals surface area contributed by atoms with E-state index in [9.17, 15) is 4.79 Å². The van der Waals surface area contributed by atoms with Crippen molar-refractivity contribution in [3.05, 3.63) is 118 Å². The number of hydrogen-bond acceptors (Lipinski definition) is 3. The minimum absolute atomic E-state index is 0.380. The van der Waals surface area contributed by atoms with Gasteiger partial charge in [-0.1, -0.05) is 90.5 Å². The van der Waals surface area contributed by atoms with Crippen molar-refractivity contribution < 1.29 is 14.3 Å². The summed E-state index contributed by atoms with van der Waals surface area (Å²) in [4.78, 5) is 13.2. The lowest BCUT2D eigenvalue weighted by atomic mass is 9.85. The highest BCUT2D eigenvalue weighted by molar-refractivity contribution is 6.30. The summed E-state index contributed by atoms with van der Waals surface area (Å²) in [5, 5.41) is 4.72. The molecule has 5 rings (SSSR count). The topological polar surface area (TPSA) is 35.5 Å². The van der Waals surface area contributed by atoms with E-state index in [1.807, 2.05) is 36.4 Å². The van der Waals surface area contributed by atoms with Crippen LogP contribution in [0.3, 0.4) is 0 Å². The highest BCUT2D eigenvalue weighted by atomic mass is 35.5. The fourth-order valence-electron chi connectivity index (χ4n) is 4.39. The molecule has 4 aromatic rings. The Morgan fingerprint density at radius 2 is 1.66 bits per heavy atom. The van der Waals surface area contributed by atoms with Gasteiger partial charge in [-0.15, -0.1) is 0 Å². The number of hydrogen-bond donors (Lipinski definition) is 0. The monoisotopic (exact) mass is 440 g/mol. The van der Waals surface area contributed by atoms with E-state index in [1.165, 1.54) is 0 Å². The second kappa shape index (κ2) is 8.27. The van der Waals surface area contributed by atoms with Gasteiger partial charge in [0.2, 0.25) is 5.79 Å². The molecule has 1 unspecified atom stereocenters. The molecule has 0 N–H and O–H groups in total. The van der Waals surface area contributed by atoms with Crippen molar-refractivity contribution in [2.75, 3.05) is 7.11 Å². The number of carbonyl (C=O) groups excluding carboxylic acids is 1. The predicted octanol–water partition coefficient (Wildman–Crippen LogP) is 5.08. The van der Waals surface area contributed by atoms with Gasteiger partial charge in [0.05, 0.1) is 5.56 Å². The van der Waals surface area contributed by atoms with E-state index in [1.54, 1.807) is 31.4 Å². The number of rotatable bonds is 4. The zero-order chi connectivity index (χ0) is 22.1. The highest BCUT2D eigenvalue weighted by Gasteiger charge is 2.41. The van der Waals surface area contributed by atoms with Crippen molar-refractivity contribution in [3.63, 3.8) is 0 Å². The normalized spacial score (nSPS) is 17.5. The highest BCUT2D eigenvalue weighted by Crippen LogP contribution is 2.38. The number of esters is 1. The summed E-state index contributed by atoms with van der Waals surface area (Å²) in [6.07, 6.45) is 2.45. The molecule has 1 atom stereocenters. The van der Waals surface area contributed by atoms with Gasteiger partial charge in [0.15, 0.2) is 0 Å². The lowest BCUT2D eigenvalue weighted by molar-refractivity contribution is -0.140. The van der Waals surface area contributed by atoms with Gasteiger partial charge in [0.25, 0.3) is 0 Å². The molecular formula is C28H21ClO3. The molecule has 4 heteroatoms. The lowest BCUT2D eigenvalue weighted by Crippen LogP contribution is -2.47. The standard InChI is InChI=1S/C28H21ClO3/c1-31-28(32-27(30)21-11-6-12-22(29)18-21)17-16-20-9-3-5-14-24(20)26(28)25-15-7-10-19-8-2-4-13-23(19)25/h2-16,18H,17H2,1H3. The molecule has 0 aromatic heterocycles. The minimum Gasteiger partial charge on any atom is -0.425 e. The zero-order valence-electron chi connectivity index (χ0n) is 17.5. The Balaban J connectivity index is 1.76. The molecule has 0 fully saturated rings. The molecule has 158 valence electrons. The van der Waals surface area contributed by atoms with E-state index >= 15 is 0 Å². The third kappa shape index (κ3) is 3.50. The van der Waals surface area contributed by atoms with E-state index in [0.717, 1.165) is 32.3 Å². The summed E-state index contributed by atoms with van der Waals surface area (Å²) in [5.74, 6) is -1.77. The van der Waals surface area contributed by atoms with Crippen molar-refractivity contribution in [2.45, 2.75) is 12.2 Å². The van der Waals surface area contributed by atoms with E-state index in [-0.39, 0.29) is 0 Å². The number of fused-ring (bicyclic) bond motifs is 2. The van der Waals surface area contributed by atoms with Crippen LogP contribution in [0.1, 0.15) is 22.3 Å². The smallest absolute Gasteiger partial charge is 0.340 e. The number of ether oxygens (including phenoxy) is 2. The molecule has 1 aliphatic carbocycles. The molecule has 0 aliphatic heterocycles. The van der Waals surface area contributed by atoms with Crippen LogP contribution in [0, 0.1) is 0 Å². The fraction of sp³-hybridized carbons (Fsp3) is 0.107. The molecule has 0 spiro atoms. The second-order valence-electron chi connectivity index (χ2n) is 7.75. The third-order valence-corrected chi connectivity index (χ3v) is 6.14. The van der Waals surface area contributed by atoms with Crippen LogP contribution in [0.2, 0.25) is 5.02 Å². The van der Waals surface area contributed by atoms with Gasteiger partial charge in [-0.25, -0.2) is 4.79 Å². The molecule has 0 saturated heterocycles. The van der Waals surface area contributed by atoms with Crippen molar-refractivity contribution >= 4 is 40.0 Å². The maximum Gasteiger partial charge on any atom is 0.340 e. The predicted molar refractivity (Wildman–Crippen MR) is 128 cm³/mol. The average molecular weight is 441 g/mol. The van der Waals surface area contributed by atoms with Crippen LogP contribution in [0.4, 0.5) is 0 Å². The first-order valence-corrected chi connectivity index (χ1v) is 10.8. The van der Waals surface area contributed by atoms with Crippen LogP contribution >= 0.6 is 11.6 Å². The molecule has 0 heterocycles. The number of methoxy groups -OCH3 is 1. The molecule has 4 aromatic carbocycles. The molecule has 0 saturated carbocycles. The van der Waals surface area contributed by atoms with E-state index in [2.05, 4.69) is 36.4 Å². The number of benzene rings is 4. The van der Waals surface area contributed by atoms with Gasteiger partial charge in [-0.2, -0.15) is 0 Å². The van der Waals surface area contributed by atoms with E-state index < -0.39 is 11.8 Å². The van der Waals surface area contributed by atoms with Crippen LogP contribution in [0.5, 0.6) is 0 Å². The maximum absolute atomic E-state index is 13.2. The van der Waals surface area contributed by atoms with Crippen molar-refractivity contribution in [3.8, 4) is 0 Å². The van der Waals surface area contributed by atoms with Crippen LogP contribution in [0.25, 0.3) is 22.4 Å². The Morgan fingerprint density at radius 3 is 2.50 bits per heavy atom. The van der Waals surface area contributed by atoms with Gasteiger partial charge in [-0.05, 0) is 45.0 Å². The van der Waals surface area contributed by atoms with Crippen LogP contribution in [-0.2, 0) is 9.47 Å². The van der Waals surface area contributed by atoms with E-state index in [0.29, 0.717) is 17.0 Å². The fourth-order valence-corrected chi connectivity index (χ4v) is 4.58. The third-order valence-electron chi connectivity index (χ3n) is 5.91. The van der Waals surface area contributed by atoms with Gasteiger partial charge >= 0.3 is 5.97 Å². The van der Waals surface area contributed by atoms with Gasteiger partial charge < -0.3 is 9.47 Å². The molecule has 3 nitrogen and oxygen atoms in total. The number of halogens is 1. The summed E-state index contributed by atoms with van der Waals surface area (Å²) in [6, 6.07) is 29.2. The summed E-state index contributed by atoms with van der Waals surface area (Å²) in [7, 11) is 1.58. The molecule has 0 radical (unpaired) electrons. The van der Waals surface area contributed by atoms with Gasteiger partial charge in [-0.3, -0.25) is 0 Å². The average Bonchev–Trinajstić information content (AvgIpc) is 2.83. The molecule has 0 bridgehead atoms. The maximum atomic E-state index is 13.2.